The summed E-state index contributed by atoms with van der Waals surface area (Å²) >= 11 is 6.60. The van der Waals surface area contributed by atoms with E-state index < -0.39 is 6.04 Å². The molecule has 6 heterocycles. The summed E-state index contributed by atoms with van der Waals surface area (Å²) in [6, 6.07) is 13.3. The molecule has 332 valence electrons. The van der Waals surface area contributed by atoms with Gasteiger partial charge >= 0.3 is 0 Å². The topological polar surface area (TPSA) is 180 Å². The average Bonchev–Trinajstić information content (AvgIpc) is 3.59. The molecule has 63 heavy (non-hydrogen) atoms. The van der Waals surface area contributed by atoms with Crippen LogP contribution in [0, 0.1) is 0 Å². The minimum absolute atomic E-state index is 0.0952. The molecule has 4 aromatic rings. The van der Waals surface area contributed by atoms with Gasteiger partial charge in [0.05, 0.1) is 23.9 Å². The minimum atomic E-state index is -0.596. The van der Waals surface area contributed by atoms with Crippen molar-refractivity contribution < 1.29 is 28.7 Å². The Hall–Kier alpha value is -5.58. The van der Waals surface area contributed by atoms with Crippen molar-refractivity contribution in [3.8, 4) is 5.75 Å². The van der Waals surface area contributed by atoms with Crippen LogP contribution in [0.25, 0.3) is 10.9 Å². The lowest BCUT2D eigenvalue weighted by atomic mass is 9.80. The van der Waals surface area contributed by atoms with Crippen molar-refractivity contribution >= 4 is 63.6 Å². The van der Waals surface area contributed by atoms with Crippen molar-refractivity contribution in [2.45, 2.75) is 108 Å². The Morgan fingerprint density at radius 1 is 0.952 bits per heavy atom. The largest absolute Gasteiger partial charge is 0.478 e. The maximum Gasteiger partial charge on any atom is 0.293 e. The summed E-state index contributed by atoms with van der Waals surface area (Å²) in [6.07, 6.45) is 8.85. The first-order valence-corrected chi connectivity index (χ1v) is 22.5. The Bertz CT molecular complexity index is 2490. The fraction of sp³-hybridized carbons (Fsp3) is 0.500. The van der Waals surface area contributed by atoms with Gasteiger partial charge in [-0.3, -0.25) is 34.2 Å². The number of piperidine rings is 2. The molecule has 17 heteroatoms. The van der Waals surface area contributed by atoms with Crippen LogP contribution < -0.4 is 31.1 Å². The second kappa shape index (κ2) is 17.9. The van der Waals surface area contributed by atoms with Crippen LogP contribution in [0.3, 0.4) is 0 Å². The molecule has 9 rings (SSSR count). The lowest BCUT2D eigenvalue weighted by Gasteiger charge is -2.47. The molecule has 16 nitrogen and oxygen atoms in total. The Morgan fingerprint density at radius 3 is 2.46 bits per heavy atom. The predicted octanol–water partition coefficient (Wildman–Crippen LogP) is 5.05. The molecule has 2 aromatic heterocycles. The Balaban J connectivity index is 0.739. The van der Waals surface area contributed by atoms with Gasteiger partial charge < -0.3 is 34.5 Å². The summed E-state index contributed by atoms with van der Waals surface area (Å²) in [4.78, 5) is 78.1. The number of carbonyl (C=O) groups excluding carboxylic acids is 4. The van der Waals surface area contributed by atoms with Crippen molar-refractivity contribution in [1.82, 2.24) is 35.0 Å². The predicted molar refractivity (Wildman–Crippen MR) is 238 cm³/mol. The third kappa shape index (κ3) is 8.85. The lowest BCUT2D eigenvalue weighted by Crippen LogP contribution is -2.58. The summed E-state index contributed by atoms with van der Waals surface area (Å²) in [5.74, 6) is 0.489. The zero-order valence-electron chi connectivity index (χ0n) is 35.9. The standard InChI is InChI=1S/C46H54ClN9O7/c1-26(2)56-37-11-7-31(19-29(37)20-39(45(56)61)62-25-41(58)48-3)50-42-36(47)21-49-46(52-42)53-16-14-33(15-17-53)63-34-23-54(24-34)32-8-4-27(5-9-32)28-6-10-35-30(18-28)22-55(44(35)60)38-12-13-40(57)51-43(38)59/h6-7,10-11,18-21,26-27,32-34,38H,4-5,8-9,12-17,22-25H2,1-3H3,(H,48,58)(H,49,50,52)(H,51,57,59)/t27-,32+,38?. The van der Waals surface area contributed by atoms with Gasteiger partial charge in [0.2, 0.25) is 17.8 Å². The van der Waals surface area contributed by atoms with Gasteiger partial charge in [-0.1, -0.05) is 23.7 Å². The number of anilines is 3. The van der Waals surface area contributed by atoms with Crippen LogP contribution in [0.5, 0.6) is 5.75 Å². The minimum Gasteiger partial charge on any atom is -0.478 e. The normalized spacial score (nSPS) is 22.3. The SMILES string of the molecule is CNC(=O)COc1cc2cc(Nc3nc(N4CCC(OC5CN([C@H]6CC[C@@H](c7ccc8c(c7)CN(C7CCC(=O)NC7=O)C8=O)CC6)C5)CC4)ncc3Cl)ccc2n(C(C)C)c1=O. The van der Waals surface area contributed by atoms with Gasteiger partial charge in [0.25, 0.3) is 17.4 Å². The number of pyridine rings is 1. The summed E-state index contributed by atoms with van der Waals surface area (Å²) in [6.45, 7) is 7.43. The van der Waals surface area contributed by atoms with Gasteiger partial charge in [0.1, 0.15) is 11.1 Å². The molecule has 4 amide bonds. The van der Waals surface area contributed by atoms with E-state index in [-0.39, 0.29) is 66.2 Å². The van der Waals surface area contributed by atoms with Gasteiger partial charge in [0, 0.05) is 74.9 Å². The van der Waals surface area contributed by atoms with E-state index in [0.29, 0.717) is 47.3 Å². The number of likely N-dealkylation sites (tertiary alicyclic amines) is 1. The number of likely N-dealkylation sites (N-methyl/N-ethyl adjacent to an activating group) is 1. The molecule has 4 fully saturated rings. The molecule has 3 saturated heterocycles. The number of amides is 4. The molecule has 1 atom stereocenters. The molecule has 1 saturated carbocycles. The van der Waals surface area contributed by atoms with Crippen molar-refractivity contribution in [3.63, 3.8) is 0 Å². The zero-order valence-corrected chi connectivity index (χ0v) is 36.7. The maximum absolute atomic E-state index is 13.2. The van der Waals surface area contributed by atoms with E-state index >= 15 is 0 Å². The van der Waals surface area contributed by atoms with E-state index in [1.807, 2.05) is 38.1 Å². The number of carbonyl (C=O) groups is 4. The van der Waals surface area contributed by atoms with E-state index in [9.17, 15) is 24.0 Å². The van der Waals surface area contributed by atoms with Crippen molar-refractivity contribution in [1.29, 1.82) is 0 Å². The lowest BCUT2D eigenvalue weighted by molar-refractivity contribution is -0.137. The quantitative estimate of drug-likeness (QED) is 0.162. The van der Waals surface area contributed by atoms with Gasteiger partial charge in [-0.2, -0.15) is 4.98 Å². The van der Waals surface area contributed by atoms with E-state index in [4.69, 9.17) is 26.1 Å². The number of ether oxygens (including phenoxy) is 2. The van der Waals surface area contributed by atoms with Crippen LogP contribution in [0.4, 0.5) is 17.5 Å². The first kappa shape index (κ1) is 42.7. The third-order valence-corrected chi connectivity index (χ3v) is 13.6. The summed E-state index contributed by atoms with van der Waals surface area (Å²) < 4.78 is 13.9. The zero-order chi connectivity index (χ0) is 43.9. The molecule has 0 radical (unpaired) electrons. The summed E-state index contributed by atoms with van der Waals surface area (Å²) in [5, 5.41) is 9.36. The summed E-state index contributed by atoms with van der Waals surface area (Å²) in [5.41, 5.74) is 4.06. The van der Waals surface area contributed by atoms with Crippen LogP contribution in [0.1, 0.15) is 98.7 Å². The van der Waals surface area contributed by atoms with Gasteiger partial charge in [-0.25, -0.2) is 4.98 Å². The number of halogens is 1. The fourth-order valence-corrected chi connectivity index (χ4v) is 10.0. The van der Waals surface area contributed by atoms with Crippen LogP contribution >= 0.6 is 11.6 Å². The second-order valence-corrected chi connectivity index (χ2v) is 18.1. The number of nitrogens with zero attached hydrogens (tertiary/aromatic N) is 6. The van der Waals surface area contributed by atoms with Crippen LogP contribution in [0.15, 0.2) is 53.5 Å². The number of hydrogen-bond donors (Lipinski definition) is 3. The molecular weight excluding hydrogens is 826 g/mol. The number of fused-ring (bicyclic) bond motifs is 2. The van der Waals surface area contributed by atoms with E-state index in [1.54, 1.807) is 21.7 Å². The average molecular weight is 880 g/mol. The van der Waals surface area contributed by atoms with Crippen molar-refractivity contribution in [3.05, 3.63) is 80.7 Å². The Morgan fingerprint density at radius 2 is 1.73 bits per heavy atom. The summed E-state index contributed by atoms with van der Waals surface area (Å²) in [7, 11) is 1.52. The van der Waals surface area contributed by atoms with Crippen LogP contribution in [-0.4, -0.2) is 112 Å². The Kier molecular flexibility index (Phi) is 12.1. The number of hydrogen-bond acceptors (Lipinski definition) is 12. The maximum atomic E-state index is 13.2. The smallest absolute Gasteiger partial charge is 0.293 e. The third-order valence-electron chi connectivity index (χ3n) is 13.4. The number of imide groups is 1. The van der Waals surface area contributed by atoms with Crippen molar-refractivity contribution in [2.24, 2.45) is 0 Å². The number of aromatic nitrogens is 3. The van der Waals surface area contributed by atoms with Gasteiger partial charge in [-0.05, 0) is 106 Å². The highest BCUT2D eigenvalue weighted by atomic mass is 35.5. The van der Waals surface area contributed by atoms with E-state index in [2.05, 4.69) is 42.9 Å². The van der Waals surface area contributed by atoms with E-state index in [1.165, 1.54) is 12.6 Å². The molecular formula is C46H54ClN9O7. The number of rotatable bonds is 12. The molecule has 2 aromatic carbocycles. The second-order valence-electron chi connectivity index (χ2n) is 17.7. The molecule has 1 aliphatic carbocycles. The molecule has 1 unspecified atom stereocenters. The van der Waals surface area contributed by atoms with E-state index in [0.717, 1.165) is 86.9 Å². The molecule has 4 aliphatic heterocycles. The van der Waals surface area contributed by atoms with Gasteiger partial charge in [0.15, 0.2) is 18.2 Å². The first-order valence-electron chi connectivity index (χ1n) is 22.2. The number of benzene rings is 2. The van der Waals surface area contributed by atoms with Crippen molar-refractivity contribution in [2.75, 3.05) is 50.1 Å². The highest BCUT2D eigenvalue weighted by Gasteiger charge is 2.40. The number of nitrogens with one attached hydrogen (secondary N) is 3. The molecule has 0 spiro atoms. The molecule has 5 aliphatic rings. The fourth-order valence-electron chi connectivity index (χ4n) is 9.90. The monoisotopic (exact) mass is 879 g/mol. The van der Waals surface area contributed by atoms with Gasteiger partial charge in [-0.15, -0.1) is 0 Å². The molecule has 3 N–H and O–H groups in total. The highest BCUT2D eigenvalue weighted by Crippen LogP contribution is 2.39. The van der Waals surface area contributed by atoms with Crippen LogP contribution in [0.2, 0.25) is 5.02 Å². The highest BCUT2D eigenvalue weighted by molar-refractivity contribution is 6.33. The first-order chi connectivity index (χ1) is 30.4. The van der Waals surface area contributed by atoms with Crippen LogP contribution in [-0.2, 0) is 25.7 Å². The Labute approximate surface area is 370 Å². The molecule has 0 bridgehead atoms.